The molecule has 0 spiro atoms. The Labute approximate surface area is 338 Å². The minimum Gasteiger partial charge on any atom is -0.457 e. The van der Waals surface area contributed by atoms with Crippen LogP contribution in [0, 0.1) is 29.1 Å². The number of nitrogens with one attached hydrogen (secondary N) is 3. The molecule has 2 unspecified atom stereocenters. The van der Waals surface area contributed by atoms with Crippen LogP contribution in [0.25, 0.3) is 0 Å². The lowest BCUT2D eigenvalue weighted by molar-refractivity contribution is -0.160. The second-order valence-electron chi connectivity index (χ2n) is 16.6. The van der Waals surface area contributed by atoms with E-state index in [1.807, 2.05) is 71.0 Å². The number of carbonyl (C=O) groups excluding carboxylic acids is 4. The first-order chi connectivity index (χ1) is 27.3. The Balaban J connectivity index is 1.65. The predicted octanol–water partition coefficient (Wildman–Crippen LogP) is 4.43. The Morgan fingerprint density at radius 3 is 2.30 bits per heavy atom. The van der Waals surface area contributed by atoms with Crippen molar-refractivity contribution in [2.45, 2.75) is 103 Å². The summed E-state index contributed by atoms with van der Waals surface area (Å²) in [4.78, 5) is 57.5. The van der Waals surface area contributed by atoms with E-state index in [9.17, 15) is 24.4 Å². The van der Waals surface area contributed by atoms with Crippen LogP contribution in [0.4, 0.5) is 0 Å². The number of nitrogens with zero attached hydrogens (tertiary/aromatic N) is 2. The van der Waals surface area contributed by atoms with Crippen molar-refractivity contribution >= 4 is 23.7 Å². The smallest absolute Gasteiger partial charge is 0.332 e. The Morgan fingerprint density at radius 2 is 1.61 bits per heavy atom. The fraction of sp³-hybridized carbons (Fsp3) is 0.614. The number of likely N-dealkylation sites (tertiary alicyclic amines) is 1. The quantitative estimate of drug-likeness (QED) is 0.129. The van der Waals surface area contributed by atoms with Gasteiger partial charge in [-0.2, -0.15) is 5.26 Å². The fourth-order valence-corrected chi connectivity index (χ4v) is 7.73. The fourth-order valence-electron chi connectivity index (χ4n) is 7.73. The van der Waals surface area contributed by atoms with Gasteiger partial charge in [-0.3, -0.25) is 19.3 Å². The van der Waals surface area contributed by atoms with Gasteiger partial charge in [-0.05, 0) is 81.5 Å². The van der Waals surface area contributed by atoms with Crippen molar-refractivity contribution in [2.75, 3.05) is 53.2 Å². The molecule has 3 amide bonds. The lowest BCUT2D eigenvalue weighted by atomic mass is 9.72. The van der Waals surface area contributed by atoms with Crippen molar-refractivity contribution < 1.29 is 38.1 Å². The first kappa shape index (κ1) is 45.4. The summed E-state index contributed by atoms with van der Waals surface area (Å²) >= 11 is 0. The third-order valence-corrected chi connectivity index (χ3v) is 10.6. The van der Waals surface area contributed by atoms with Crippen LogP contribution in [0.5, 0.6) is 0 Å². The molecule has 1 aliphatic carbocycles. The Hall–Kier alpha value is -4.35. The van der Waals surface area contributed by atoms with Gasteiger partial charge in [0, 0.05) is 31.3 Å². The average Bonchev–Trinajstić information content (AvgIpc) is 3.18. The number of esters is 1. The summed E-state index contributed by atoms with van der Waals surface area (Å²) < 4.78 is 22.4. The second-order valence-corrected chi connectivity index (χ2v) is 16.6. The van der Waals surface area contributed by atoms with Gasteiger partial charge >= 0.3 is 5.97 Å². The summed E-state index contributed by atoms with van der Waals surface area (Å²) in [7, 11) is 1.59. The van der Waals surface area contributed by atoms with Gasteiger partial charge in [-0.15, -0.1) is 0 Å². The molecule has 2 fully saturated rings. The van der Waals surface area contributed by atoms with Crippen LogP contribution >= 0.6 is 0 Å². The molecule has 1 heterocycles. The summed E-state index contributed by atoms with van der Waals surface area (Å²) in [5.74, 6) is -1.11. The maximum atomic E-state index is 14.3. The summed E-state index contributed by atoms with van der Waals surface area (Å²) in [5.41, 5.74) is 1.04. The SMILES string of the molecule is COCCOCCOCC(=O)O[C@H](CN1CC2CCCCC2C[C@H]1C(=O)NC(C)(C)C)[C@H](Cc1ccccc1)NC(=O)[C@@H](NC(=O)c1cccc(C#N)c1)C(C)C. The molecule has 13 heteroatoms. The number of hydrogen-bond acceptors (Lipinski definition) is 10. The average molecular weight is 790 g/mol. The van der Waals surface area contributed by atoms with E-state index in [-0.39, 0.29) is 43.8 Å². The van der Waals surface area contributed by atoms with E-state index < -0.39 is 47.6 Å². The van der Waals surface area contributed by atoms with E-state index in [0.717, 1.165) is 31.2 Å². The molecule has 312 valence electrons. The molecule has 3 N–H and O–H groups in total. The van der Waals surface area contributed by atoms with Gasteiger partial charge in [-0.1, -0.05) is 69.5 Å². The molecule has 0 bridgehead atoms. The third-order valence-electron chi connectivity index (χ3n) is 10.6. The second kappa shape index (κ2) is 22.6. The van der Waals surface area contributed by atoms with E-state index in [1.54, 1.807) is 25.3 Å². The molecule has 57 heavy (non-hydrogen) atoms. The van der Waals surface area contributed by atoms with Gasteiger partial charge < -0.3 is 34.9 Å². The van der Waals surface area contributed by atoms with Crippen LogP contribution in [-0.4, -0.2) is 112 Å². The standard InChI is InChI=1S/C44H63N5O8/c1-30(2)40(47-41(51)34-18-12-15-32(23-34)26-45)43(53)46-36(24-31-13-8-7-9-14-31)38(57-39(50)29-56-22-21-55-20-19-54-6)28-49-27-35-17-11-10-16-33(35)25-37(49)42(52)48-44(3,4)5/h7-9,12-15,18,23,30,33,35-38,40H,10-11,16-17,19-22,24-25,27-29H2,1-6H3,(H,46,53)(H,47,51)(H,48,52)/t33?,35?,36-,37-,38+,40-/m0/s1. The molecule has 0 radical (unpaired) electrons. The third kappa shape index (κ3) is 14.8. The molecule has 1 saturated carbocycles. The number of benzene rings is 2. The van der Waals surface area contributed by atoms with Crippen molar-refractivity contribution in [3.8, 4) is 6.07 Å². The van der Waals surface area contributed by atoms with E-state index >= 15 is 0 Å². The number of piperidine rings is 1. The minimum absolute atomic E-state index is 0.0693. The number of fused-ring (bicyclic) bond motifs is 1. The number of hydrogen-bond donors (Lipinski definition) is 3. The van der Waals surface area contributed by atoms with Gasteiger partial charge in [0.05, 0.1) is 50.1 Å². The van der Waals surface area contributed by atoms with Crippen LogP contribution in [0.2, 0.25) is 0 Å². The topological polar surface area (TPSA) is 168 Å². The van der Waals surface area contributed by atoms with E-state index in [1.165, 1.54) is 6.07 Å². The molecule has 2 aromatic carbocycles. The number of carbonyl (C=O) groups is 4. The Kier molecular flexibility index (Phi) is 17.9. The van der Waals surface area contributed by atoms with Gasteiger partial charge in [0.25, 0.3) is 5.91 Å². The number of ether oxygens (including phenoxy) is 4. The first-order valence-electron chi connectivity index (χ1n) is 20.3. The van der Waals surface area contributed by atoms with Crippen molar-refractivity contribution in [2.24, 2.45) is 17.8 Å². The predicted molar refractivity (Wildman–Crippen MR) is 216 cm³/mol. The highest BCUT2D eigenvalue weighted by molar-refractivity contribution is 5.98. The zero-order valence-electron chi connectivity index (χ0n) is 34.6. The molecule has 2 aliphatic rings. The van der Waals surface area contributed by atoms with Gasteiger partial charge in [0.2, 0.25) is 11.8 Å². The Bertz CT molecular complexity index is 1640. The molecule has 1 aliphatic heterocycles. The van der Waals surface area contributed by atoms with Gasteiger partial charge in [0.1, 0.15) is 18.8 Å². The Morgan fingerprint density at radius 1 is 0.912 bits per heavy atom. The molecular weight excluding hydrogens is 727 g/mol. The zero-order chi connectivity index (χ0) is 41.4. The van der Waals surface area contributed by atoms with Crippen molar-refractivity contribution in [1.29, 1.82) is 5.26 Å². The van der Waals surface area contributed by atoms with Crippen molar-refractivity contribution in [3.63, 3.8) is 0 Å². The highest BCUT2D eigenvalue weighted by Gasteiger charge is 2.43. The number of amides is 3. The van der Waals surface area contributed by atoms with Crippen molar-refractivity contribution in [3.05, 3.63) is 71.3 Å². The minimum atomic E-state index is -0.956. The summed E-state index contributed by atoms with van der Waals surface area (Å²) in [6.07, 6.45) is 4.53. The molecule has 1 saturated heterocycles. The summed E-state index contributed by atoms with van der Waals surface area (Å²) in [6.45, 7) is 11.4. The van der Waals surface area contributed by atoms with E-state index in [2.05, 4.69) is 20.9 Å². The maximum absolute atomic E-state index is 14.3. The summed E-state index contributed by atoms with van der Waals surface area (Å²) in [5, 5.41) is 18.6. The van der Waals surface area contributed by atoms with Crippen LogP contribution in [0.1, 0.15) is 88.2 Å². The number of methoxy groups -OCH3 is 1. The number of rotatable bonds is 20. The zero-order valence-corrected chi connectivity index (χ0v) is 34.6. The highest BCUT2D eigenvalue weighted by Crippen LogP contribution is 2.39. The lowest BCUT2D eigenvalue weighted by Gasteiger charge is -2.47. The monoisotopic (exact) mass is 789 g/mol. The molecule has 13 nitrogen and oxygen atoms in total. The lowest BCUT2D eigenvalue weighted by Crippen LogP contribution is -2.62. The highest BCUT2D eigenvalue weighted by atomic mass is 16.6. The summed E-state index contributed by atoms with van der Waals surface area (Å²) in [6, 6.07) is 15.8. The maximum Gasteiger partial charge on any atom is 0.332 e. The van der Waals surface area contributed by atoms with Crippen LogP contribution in [0.3, 0.4) is 0 Å². The molecule has 0 aromatic heterocycles. The van der Waals surface area contributed by atoms with Crippen LogP contribution in [0.15, 0.2) is 54.6 Å². The van der Waals surface area contributed by atoms with Crippen molar-refractivity contribution in [1.82, 2.24) is 20.9 Å². The van der Waals surface area contributed by atoms with Crippen LogP contribution < -0.4 is 16.0 Å². The molecule has 2 aromatic rings. The van der Waals surface area contributed by atoms with Crippen LogP contribution in [-0.2, 0) is 39.8 Å². The largest absolute Gasteiger partial charge is 0.457 e. The van der Waals surface area contributed by atoms with Gasteiger partial charge in [-0.25, -0.2) is 4.79 Å². The number of nitriles is 1. The molecule has 6 atom stereocenters. The normalized spacial score (nSPS) is 20.0. The van der Waals surface area contributed by atoms with Gasteiger partial charge in [0.15, 0.2) is 0 Å². The molecular formula is C44H63N5O8. The molecule has 4 rings (SSSR count). The first-order valence-corrected chi connectivity index (χ1v) is 20.3. The van der Waals surface area contributed by atoms with E-state index in [4.69, 9.17) is 18.9 Å². The van der Waals surface area contributed by atoms with E-state index in [0.29, 0.717) is 50.0 Å².